The highest BCUT2D eigenvalue weighted by atomic mass is 32.2. The summed E-state index contributed by atoms with van der Waals surface area (Å²) in [7, 11) is -0.137. The zero-order valence-electron chi connectivity index (χ0n) is 17.4. The Morgan fingerprint density at radius 3 is 2.43 bits per heavy atom. The van der Waals surface area contributed by atoms with E-state index in [2.05, 4.69) is 10.3 Å². The normalized spacial score (nSPS) is 12.7. The number of hydrogen-bond donors (Lipinski definition) is 3. The molecule has 3 rings (SSSR count). The van der Waals surface area contributed by atoms with E-state index in [0.29, 0.717) is 17.9 Å². The van der Waals surface area contributed by atoms with Crippen LogP contribution in [0.5, 0.6) is 5.75 Å². The van der Waals surface area contributed by atoms with Gasteiger partial charge < -0.3 is 25.1 Å². The van der Waals surface area contributed by atoms with Crippen molar-refractivity contribution in [2.24, 2.45) is 5.73 Å². The lowest BCUT2D eigenvalue weighted by atomic mass is 10.0. The van der Waals surface area contributed by atoms with Gasteiger partial charge in [-0.25, -0.2) is 0 Å². The minimum absolute atomic E-state index is 0.0308. The molecule has 0 fully saturated rings. The zero-order valence-corrected chi connectivity index (χ0v) is 18.2. The van der Waals surface area contributed by atoms with Crippen molar-refractivity contribution in [3.05, 3.63) is 66.4 Å². The van der Waals surface area contributed by atoms with Gasteiger partial charge in [0.1, 0.15) is 0 Å². The fourth-order valence-corrected chi connectivity index (χ4v) is 4.03. The van der Waals surface area contributed by atoms with Crippen LogP contribution >= 0.6 is 0 Å². The molecule has 0 bridgehead atoms. The number of aromatic amines is 1. The molecular weight excluding hydrogens is 400 g/mol. The van der Waals surface area contributed by atoms with E-state index in [9.17, 15) is 8.42 Å². The second-order valence-electron chi connectivity index (χ2n) is 7.38. The average Bonchev–Trinajstić information content (AvgIpc) is 3.16. The molecule has 1 heterocycles. The van der Waals surface area contributed by atoms with Crippen molar-refractivity contribution in [2.75, 3.05) is 32.5 Å². The number of likely N-dealkylation sites (N-methyl/N-ethyl adjacent to an activating group) is 1. The van der Waals surface area contributed by atoms with Crippen molar-refractivity contribution in [2.45, 2.75) is 18.0 Å². The lowest BCUT2D eigenvalue weighted by molar-refractivity contribution is 0.425. The van der Waals surface area contributed by atoms with E-state index < -0.39 is 10.1 Å². The van der Waals surface area contributed by atoms with Crippen molar-refractivity contribution >= 4 is 15.8 Å². The van der Waals surface area contributed by atoms with Crippen LogP contribution in [0.15, 0.2) is 65.7 Å². The number of H-pyrrole nitrogens is 1. The van der Waals surface area contributed by atoms with Crippen LogP contribution in [0.4, 0.5) is 5.69 Å². The van der Waals surface area contributed by atoms with Gasteiger partial charge in [-0.15, -0.1) is 0 Å². The number of benzene rings is 2. The molecule has 8 heteroatoms. The molecule has 0 spiro atoms. The fraction of sp³-hybridized carbons (Fsp3) is 0.273. The minimum Gasteiger partial charge on any atom is -0.381 e. The third-order valence-corrected chi connectivity index (χ3v) is 5.75. The van der Waals surface area contributed by atoms with Gasteiger partial charge in [0.25, 0.3) is 0 Å². The van der Waals surface area contributed by atoms with Gasteiger partial charge in [0.2, 0.25) is 0 Å². The van der Waals surface area contributed by atoms with Crippen LogP contribution in [0.25, 0.3) is 11.1 Å². The summed E-state index contributed by atoms with van der Waals surface area (Å²) >= 11 is 0. The fourth-order valence-electron chi connectivity index (χ4n) is 3.06. The Morgan fingerprint density at radius 1 is 1.10 bits per heavy atom. The average molecular weight is 429 g/mol. The highest BCUT2D eigenvalue weighted by molar-refractivity contribution is 7.87. The minimum atomic E-state index is -4.08. The van der Waals surface area contributed by atoms with Crippen LogP contribution in [0, 0.1) is 0 Å². The van der Waals surface area contributed by atoms with Gasteiger partial charge in [-0.05, 0) is 44.8 Å². The van der Waals surface area contributed by atoms with Crippen molar-refractivity contribution in [3.8, 4) is 16.9 Å². The van der Waals surface area contributed by atoms with Crippen LogP contribution < -0.4 is 15.2 Å². The Balaban J connectivity index is 1.90. The van der Waals surface area contributed by atoms with Crippen LogP contribution in [-0.4, -0.2) is 45.5 Å². The molecular formula is C22H28N4O3S. The molecule has 0 saturated heterocycles. The van der Waals surface area contributed by atoms with Gasteiger partial charge >= 0.3 is 10.1 Å². The van der Waals surface area contributed by atoms with E-state index in [4.69, 9.17) is 9.92 Å². The predicted octanol–water partition coefficient (Wildman–Crippen LogP) is 3.44. The number of anilines is 1. The molecule has 7 nitrogen and oxygen atoms in total. The van der Waals surface area contributed by atoms with E-state index in [1.165, 1.54) is 0 Å². The molecule has 0 radical (unpaired) electrons. The van der Waals surface area contributed by atoms with Crippen molar-refractivity contribution in [1.29, 1.82) is 0 Å². The first-order valence-electron chi connectivity index (χ1n) is 9.74. The number of hydrogen-bond acceptors (Lipinski definition) is 6. The second-order valence-corrected chi connectivity index (χ2v) is 8.89. The van der Waals surface area contributed by atoms with Crippen LogP contribution in [0.2, 0.25) is 0 Å². The summed E-state index contributed by atoms with van der Waals surface area (Å²) < 4.78 is 31.5. The van der Waals surface area contributed by atoms with Gasteiger partial charge in [-0.2, -0.15) is 8.42 Å². The van der Waals surface area contributed by atoms with E-state index >= 15 is 0 Å². The first-order chi connectivity index (χ1) is 14.3. The Bertz CT molecular complexity index is 1080. The van der Waals surface area contributed by atoms with E-state index in [1.807, 2.05) is 55.4 Å². The molecule has 0 aliphatic rings. The first-order valence-corrected chi connectivity index (χ1v) is 11.1. The van der Waals surface area contributed by atoms with E-state index in [-0.39, 0.29) is 16.8 Å². The molecule has 3 aromatic rings. The summed E-state index contributed by atoms with van der Waals surface area (Å²) in [5, 5.41) is 3.19. The van der Waals surface area contributed by atoms with Gasteiger partial charge in [-0.1, -0.05) is 42.5 Å². The van der Waals surface area contributed by atoms with Crippen molar-refractivity contribution in [1.82, 2.24) is 9.88 Å². The van der Waals surface area contributed by atoms with Crippen molar-refractivity contribution < 1.29 is 12.6 Å². The molecule has 1 aromatic heterocycles. The number of nitrogens with two attached hydrogens (primary N) is 1. The summed E-state index contributed by atoms with van der Waals surface area (Å²) in [5.74, 6) is 0.245. The lowest BCUT2D eigenvalue weighted by Gasteiger charge is -2.14. The Kier molecular flexibility index (Phi) is 6.81. The maximum absolute atomic E-state index is 13.0. The first kappa shape index (κ1) is 21.9. The van der Waals surface area contributed by atoms with Gasteiger partial charge in [0.05, 0.1) is 5.69 Å². The highest BCUT2D eigenvalue weighted by Gasteiger charge is 2.24. The SMILES string of the molecule is C[C@H](N)c1[nH]c(S(=O)(=O)Oc2ccccc2NCCN(C)C)cc1-c1ccccc1. The van der Waals surface area contributed by atoms with Gasteiger partial charge in [-0.3, -0.25) is 0 Å². The molecule has 2 aromatic carbocycles. The molecule has 4 N–H and O–H groups in total. The molecule has 160 valence electrons. The molecule has 30 heavy (non-hydrogen) atoms. The zero-order chi connectivity index (χ0) is 21.7. The number of aromatic nitrogens is 1. The van der Waals surface area contributed by atoms with Crippen LogP contribution in [0.3, 0.4) is 0 Å². The second kappa shape index (κ2) is 9.34. The molecule has 0 unspecified atom stereocenters. The Morgan fingerprint density at radius 2 is 1.77 bits per heavy atom. The van der Waals surface area contributed by atoms with E-state index in [1.54, 1.807) is 31.2 Å². The summed E-state index contributed by atoms with van der Waals surface area (Å²) in [6.07, 6.45) is 0. The molecule has 0 aliphatic carbocycles. The summed E-state index contributed by atoms with van der Waals surface area (Å²) in [5.41, 5.74) is 8.96. The number of nitrogens with zero attached hydrogens (tertiary/aromatic N) is 1. The smallest absolute Gasteiger partial charge is 0.354 e. The maximum Gasteiger partial charge on any atom is 0.354 e. The largest absolute Gasteiger partial charge is 0.381 e. The quantitative estimate of drug-likeness (QED) is 0.452. The lowest BCUT2D eigenvalue weighted by Crippen LogP contribution is -2.21. The standard InChI is InChI=1S/C22H28N4O3S/c1-16(23)22-18(17-9-5-4-6-10-17)15-21(25-22)30(27,28)29-20-12-8-7-11-19(20)24-13-14-26(2)3/h4-12,15-16,24-25H,13-14,23H2,1-3H3/t16-/m0/s1. The van der Waals surface area contributed by atoms with E-state index in [0.717, 1.165) is 17.7 Å². The van der Waals surface area contributed by atoms with Gasteiger partial charge in [0, 0.05) is 30.4 Å². The molecule has 0 aliphatic heterocycles. The molecule has 0 saturated carbocycles. The monoisotopic (exact) mass is 428 g/mol. The van der Waals surface area contributed by atoms with Crippen LogP contribution in [-0.2, 0) is 10.1 Å². The third kappa shape index (κ3) is 5.21. The molecule has 0 amide bonds. The summed E-state index contributed by atoms with van der Waals surface area (Å²) in [6.45, 7) is 3.26. The molecule has 1 atom stereocenters. The Hall–Kier alpha value is -2.81. The maximum atomic E-state index is 13.0. The van der Waals surface area contributed by atoms with Gasteiger partial charge in [0.15, 0.2) is 10.8 Å². The third-order valence-electron chi connectivity index (χ3n) is 4.59. The van der Waals surface area contributed by atoms with Crippen molar-refractivity contribution in [3.63, 3.8) is 0 Å². The number of para-hydroxylation sites is 2. The number of rotatable bonds is 9. The topological polar surface area (TPSA) is 100 Å². The summed E-state index contributed by atoms with van der Waals surface area (Å²) in [4.78, 5) is 4.99. The Labute approximate surface area is 178 Å². The van der Waals surface area contributed by atoms with Crippen LogP contribution in [0.1, 0.15) is 18.7 Å². The highest BCUT2D eigenvalue weighted by Crippen LogP contribution is 2.32. The predicted molar refractivity (Wildman–Crippen MR) is 120 cm³/mol. The summed E-state index contributed by atoms with van der Waals surface area (Å²) in [6, 6.07) is 17.7. The number of nitrogens with one attached hydrogen (secondary N) is 2.